The van der Waals surface area contributed by atoms with Crippen LogP contribution in [0.4, 0.5) is 11.4 Å². The number of nitrogens with zero attached hydrogens (tertiary/aromatic N) is 2. The Labute approximate surface area is 190 Å². The average molecular weight is 482 g/mol. The van der Waals surface area contributed by atoms with Crippen LogP contribution in [0.25, 0.3) is 10.2 Å². The summed E-state index contributed by atoms with van der Waals surface area (Å²) in [6.45, 7) is 6.02. The van der Waals surface area contributed by atoms with Gasteiger partial charge < -0.3 is 5.32 Å². The molecule has 31 heavy (non-hydrogen) atoms. The van der Waals surface area contributed by atoms with E-state index in [1.807, 2.05) is 13.8 Å². The van der Waals surface area contributed by atoms with Gasteiger partial charge in [0.2, 0.25) is 15.9 Å². The molecule has 0 aliphatic carbocycles. The molecule has 0 fully saturated rings. The number of halogens is 1. The summed E-state index contributed by atoms with van der Waals surface area (Å²) in [6.07, 6.45) is 1.32. The van der Waals surface area contributed by atoms with Gasteiger partial charge in [-0.2, -0.15) is 0 Å². The first kappa shape index (κ1) is 23.3. The molecule has 0 aliphatic heterocycles. The second kappa shape index (κ2) is 9.02. The number of aryl methyl sites for hydroxylation is 2. The number of thiazole rings is 1. The third kappa shape index (κ3) is 4.78. The van der Waals surface area contributed by atoms with E-state index < -0.39 is 22.0 Å². The number of nitrogens with one attached hydrogen (secondary N) is 1. The van der Waals surface area contributed by atoms with E-state index in [0.717, 1.165) is 37.7 Å². The van der Waals surface area contributed by atoms with Crippen molar-refractivity contribution in [2.24, 2.45) is 0 Å². The fraction of sp³-hybridized carbons (Fsp3) is 0.333. The lowest BCUT2D eigenvalue weighted by Crippen LogP contribution is -2.47. The Morgan fingerprint density at radius 1 is 1.23 bits per heavy atom. The predicted molar refractivity (Wildman–Crippen MR) is 128 cm³/mol. The second-order valence-corrected chi connectivity index (χ2v) is 10.5. The van der Waals surface area contributed by atoms with Crippen LogP contribution >= 0.6 is 22.9 Å². The molecule has 1 unspecified atom stereocenters. The lowest BCUT2D eigenvalue weighted by molar-refractivity contribution is -0.117. The lowest BCUT2D eigenvalue weighted by Gasteiger charge is -2.30. The summed E-state index contributed by atoms with van der Waals surface area (Å²) in [5.74, 6) is -0.466. The molecule has 0 spiro atoms. The molecule has 166 valence electrons. The van der Waals surface area contributed by atoms with Gasteiger partial charge in [0.15, 0.2) is 0 Å². The van der Waals surface area contributed by atoms with Crippen molar-refractivity contribution in [3.8, 4) is 0 Å². The van der Waals surface area contributed by atoms with Gasteiger partial charge in [0, 0.05) is 17.3 Å². The number of rotatable bonds is 7. The van der Waals surface area contributed by atoms with E-state index >= 15 is 0 Å². The van der Waals surface area contributed by atoms with Crippen molar-refractivity contribution in [1.29, 1.82) is 0 Å². The molecule has 3 rings (SSSR count). The highest BCUT2D eigenvalue weighted by atomic mass is 35.5. The standard InChI is InChI=1S/C21H24ClN3O4S2/c1-5-17(25(31(4,28)29)15-9-7-13(3)16(22)12-15)20(26)23-14-8-10-18-19(11-14)30-21(27)24(18)6-2/h7-12,17H,5-6H2,1-4H3,(H,23,26). The minimum absolute atomic E-state index is 0.0630. The van der Waals surface area contributed by atoms with Gasteiger partial charge in [-0.15, -0.1) is 0 Å². The van der Waals surface area contributed by atoms with E-state index in [-0.39, 0.29) is 11.3 Å². The molecular formula is C21H24ClN3O4S2. The van der Waals surface area contributed by atoms with Crippen molar-refractivity contribution in [3.63, 3.8) is 0 Å². The molecule has 0 saturated heterocycles. The van der Waals surface area contributed by atoms with E-state index in [1.54, 1.807) is 47.9 Å². The zero-order valence-corrected chi connectivity index (χ0v) is 20.1. The largest absolute Gasteiger partial charge is 0.324 e. The predicted octanol–water partition coefficient (Wildman–Crippen LogP) is 4.23. The first-order valence-corrected chi connectivity index (χ1v) is 12.8. The second-order valence-electron chi connectivity index (χ2n) is 7.20. The van der Waals surface area contributed by atoms with Gasteiger partial charge >= 0.3 is 4.87 Å². The quantitative estimate of drug-likeness (QED) is 0.547. The van der Waals surface area contributed by atoms with Gasteiger partial charge in [-0.3, -0.25) is 18.5 Å². The highest BCUT2D eigenvalue weighted by Crippen LogP contribution is 2.28. The number of anilines is 2. The van der Waals surface area contributed by atoms with Crippen molar-refractivity contribution in [3.05, 3.63) is 56.7 Å². The average Bonchev–Trinajstić information content (AvgIpc) is 3.01. The Kier molecular flexibility index (Phi) is 6.78. The number of fused-ring (bicyclic) bond motifs is 1. The zero-order valence-electron chi connectivity index (χ0n) is 17.7. The summed E-state index contributed by atoms with van der Waals surface area (Å²) in [6, 6.07) is 9.14. The highest BCUT2D eigenvalue weighted by molar-refractivity contribution is 7.92. The Bertz CT molecular complexity index is 1300. The molecule has 2 aromatic carbocycles. The van der Waals surface area contributed by atoms with Crippen molar-refractivity contribution < 1.29 is 13.2 Å². The molecular weight excluding hydrogens is 458 g/mol. The Balaban J connectivity index is 1.95. The van der Waals surface area contributed by atoms with E-state index in [4.69, 9.17) is 11.6 Å². The number of carbonyl (C=O) groups is 1. The summed E-state index contributed by atoms with van der Waals surface area (Å²) >= 11 is 7.30. The normalized spacial score (nSPS) is 12.7. The van der Waals surface area contributed by atoms with Gasteiger partial charge in [-0.05, 0) is 56.2 Å². The Morgan fingerprint density at radius 2 is 1.94 bits per heavy atom. The monoisotopic (exact) mass is 481 g/mol. The summed E-state index contributed by atoms with van der Waals surface area (Å²) in [7, 11) is -3.77. The van der Waals surface area contributed by atoms with Crippen molar-refractivity contribution in [1.82, 2.24) is 4.57 Å². The highest BCUT2D eigenvalue weighted by Gasteiger charge is 2.32. The maximum Gasteiger partial charge on any atom is 0.308 e. The minimum atomic E-state index is -3.77. The van der Waals surface area contributed by atoms with Gasteiger partial charge in [-0.1, -0.05) is 35.9 Å². The SMILES string of the molecule is CCC(C(=O)Nc1ccc2c(c1)sc(=O)n2CC)N(c1ccc(C)c(Cl)c1)S(C)(=O)=O. The first-order valence-electron chi connectivity index (χ1n) is 9.76. The maximum absolute atomic E-state index is 13.1. The molecule has 1 N–H and O–H groups in total. The van der Waals surface area contributed by atoms with Crippen LogP contribution in [0.5, 0.6) is 0 Å². The molecule has 0 aliphatic rings. The van der Waals surface area contributed by atoms with E-state index in [2.05, 4.69) is 5.32 Å². The smallest absolute Gasteiger partial charge is 0.308 e. The van der Waals surface area contributed by atoms with Gasteiger partial charge in [0.25, 0.3) is 0 Å². The molecule has 10 heteroatoms. The van der Waals surface area contributed by atoms with Crippen LogP contribution in [-0.4, -0.2) is 31.2 Å². The lowest BCUT2D eigenvalue weighted by atomic mass is 10.1. The zero-order chi connectivity index (χ0) is 22.9. The topological polar surface area (TPSA) is 88.5 Å². The third-order valence-electron chi connectivity index (χ3n) is 4.99. The molecule has 1 atom stereocenters. The van der Waals surface area contributed by atoms with Crippen LogP contribution in [0.3, 0.4) is 0 Å². The van der Waals surface area contributed by atoms with Crippen molar-refractivity contribution in [2.75, 3.05) is 15.9 Å². The van der Waals surface area contributed by atoms with E-state index in [1.165, 1.54) is 0 Å². The molecule has 7 nitrogen and oxygen atoms in total. The maximum atomic E-state index is 13.1. The van der Waals surface area contributed by atoms with Gasteiger partial charge in [-0.25, -0.2) is 8.42 Å². The fourth-order valence-corrected chi connectivity index (χ4v) is 5.82. The van der Waals surface area contributed by atoms with Gasteiger partial charge in [0.1, 0.15) is 6.04 Å². The Morgan fingerprint density at radius 3 is 2.52 bits per heavy atom. The van der Waals surface area contributed by atoms with Crippen molar-refractivity contribution in [2.45, 2.75) is 39.8 Å². The number of sulfonamides is 1. The summed E-state index contributed by atoms with van der Waals surface area (Å²) < 4.78 is 28.7. The number of aromatic nitrogens is 1. The van der Waals surface area contributed by atoms with E-state index in [0.29, 0.717) is 22.9 Å². The molecule has 0 bridgehead atoms. The number of hydrogen-bond acceptors (Lipinski definition) is 5. The fourth-order valence-electron chi connectivity index (χ4n) is 3.45. The number of hydrogen-bond donors (Lipinski definition) is 1. The molecule has 3 aromatic rings. The van der Waals surface area contributed by atoms with Crippen molar-refractivity contribution >= 4 is 60.5 Å². The molecule has 1 amide bonds. The number of benzene rings is 2. The first-order chi connectivity index (χ1) is 14.6. The molecule has 0 saturated carbocycles. The summed E-state index contributed by atoms with van der Waals surface area (Å²) in [4.78, 5) is 25.1. The Hall–Kier alpha value is -2.36. The number of amides is 1. The van der Waals surface area contributed by atoms with Gasteiger partial charge in [0.05, 0.1) is 22.2 Å². The summed E-state index contributed by atoms with van der Waals surface area (Å²) in [5.41, 5.74) is 2.43. The number of carbonyl (C=O) groups excluding carboxylic acids is 1. The molecule has 1 heterocycles. The van der Waals surface area contributed by atoms with Crippen LogP contribution in [0.2, 0.25) is 5.02 Å². The molecule has 0 radical (unpaired) electrons. The molecule has 1 aromatic heterocycles. The van der Waals surface area contributed by atoms with Crippen LogP contribution in [0.15, 0.2) is 41.2 Å². The summed E-state index contributed by atoms with van der Waals surface area (Å²) in [5, 5.41) is 3.22. The van der Waals surface area contributed by atoms with Crippen LogP contribution in [0.1, 0.15) is 25.8 Å². The third-order valence-corrected chi connectivity index (χ3v) is 7.52. The van der Waals surface area contributed by atoms with E-state index in [9.17, 15) is 18.0 Å². The van der Waals surface area contributed by atoms with Crippen LogP contribution in [0, 0.1) is 6.92 Å². The van der Waals surface area contributed by atoms with Crippen LogP contribution < -0.4 is 14.5 Å². The minimum Gasteiger partial charge on any atom is -0.324 e. The van der Waals surface area contributed by atoms with Crippen LogP contribution in [-0.2, 0) is 21.4 Å².